The van der Waals surface area contributed by atoms with E-state index < -0.39 is 0 Å². The van der Waals surface area contributed by atoms with Crippen LogP contribution in [0.3, 0.4) is 0 Å². The summed E-state index contributed by atoms with van der Waals surface area (Å²) in [5.41, 5.74) is 4.07. The largest absolute Gasteiger partial charge is 0.357 e. The standard InChI is InChI=1S/C26H24ClFN4/c27-20-7-3-2-6-18(20)23-9-11-26-30-22-15-21(28)19(14-24(22)32(23)26)17-8-10-25(29-16-17)31-12-4-1-5-13-31/h2-3,6-8,10,14-16,23H,1,4-5,9,11-13H2/t23-/m1/s1. The number of piperidine rings is 1. The minimum Gasteiger partial charge on any atom is -0.357 e. The summed E-state index contributed by atoms with van der Waals surface area (Å²) in [6, 6.07) is 15.5. The zero-order valence-corrected chi connectivity index (χ0v) is 18.5. The van der Waals surface area contributed by atoms with Gasteiger partial charge in [-0.15, -0.1) is 0 Å². The first-order chi connectivity index (χ1) is 15.7. The molecule has 4 nitrogen and oxygen atoms in total. The Morgan fingerprint density at radius 1 is 1.00 bits per heavy atom. The first kappa shape index (κ1) is 19.7. The molecule has 4 heterocycles. The van der Waals surface area contributed by atoms with Gasteiger partial charge in [-0.3, -0.25) is 0 Å². The molecule has 0 spiro atoms. The summed E-state index contributed by atoms with van der Waals surface area (Å²) in [5, 5.41) is 0.757. The van der Waals surface area contributed by atoms with Gasteiger partial charge in [-0.25, -0.2) is 14.4 Å². The van der Waals surface area contributed by atoms with Crippen molar-refractivity contribution in [3.63, 3.8) is 0 Å². The van der Waals surface area contributed by atoms with Gasteiger partial charge >= 0.3 is 0 Å². The molecule has 0 unspecified atom stereocenters. The zero-order valence-electron chi connectivity index (χ0n) is 17.8. The molecule has 0 saturated carbocycles. The maximum Gasteiger partial charge on any atom is 0.133 e. The van der Waals surface area contributed by atoms with Crippen molar-refractivity contribution in [3.05, 3.63) is 77.0 Å². The van der Waals surface area contributed by atoms with Gasteiger partial charge in [0, 0.05) is 47.9 Å². The molecule has 0 radical (unpaired) electrons. The van der Waals surface area contributed by atoms with Crippen LogP contribution < -0.4 is 4.90 Å². The maximum atomic E-state index is 15.1. The fourth-order valence-electron chi connectivity index (χ4n) is 5.20. The molecule has 6 heteroatoms. The normalized spacial score (nSPS) is 18.3. The summed E-state index contributed by atoms with van der Waals surface area (Å²) in [7, 11) is 0. The van der Waals surface area contributed by atoms with Gasteiger partial charge in [-0.05, 0) is 55.5 Å². The highest BCUT2D eigenvalue weighted by molar-refractivity contribution is 6.31. The minimum absolute atomic E-state index is 0.113. The lowest BCUT2D eigenvalue weighted by atomic mass is 10.0. The van der Waals surface area contributed by atoms with E-state index in [-0.39, 0.29) is 11.9 Å². The topological polar surface area (TPSA) is 34.0 Å². The van der Waals surface area contributed by atoms with E-state index in [4.69, 9.17) is 16.6 Å². The number of aryl methyl sites for hydroxylation is 1. The van der Waals surface area contributed by atoms with E-state index in [2.05, 4.69) is 20.5 Å². The molecule has 2 aliphatic rings. The highest BCUT2D eigenvalue weighted by atomic mass is 35.5. The predicted molar refractivity (Wildman–Crippen MR) is 127 cm³/mol. The Labute approximate surface area is 191 Å². The van der Waals surface area contributed by atoms with E-state index in [0.717, 1.165) is 59.2 Å². The Kier molecular flexibility index (Phi) is 4.87. The molecule has 2 aromatic carbocycles. The molecule has 1 fully saturated rings. The van der Waals surface area contributed by atoms with Crippen LogP contribution in [0.5, 0.6) is 0 Å². The summed E-state index contributed by atoms with van der Waals surface area (Å²) >= 11 is 6.51. The van der Waals surface area contributed by atoms with Crippen LogP contribution in [0.15, 0.2) is 54.7 Å². The first-order valence-corrected chi connectivity index (χ1v) is 11.7. The number of pyridine rings is 1. The molecule has 2 aromatic heterocycles. The number of halogens is 2. The monoisotopic (exact) mass is 446 g/mol. The van der Waals surface area contributed by atoms with E-state index in [9.17, 15) is 0 Å². The van der Waals surface area contributed by atoms with Crippen LogP contribution in [-0.4, -0.2) is 27.6 Å². The number of aromatic nitrogens is 3. The van der Waals surface area contributed by atoms with Crippen LogP contribution in [0.2, 0.25) is 5.02 Å². The van der Waals surface area contributed by atoms with Crippen molar-refractivity contribution in [3.8, 4) is 11.1 Å². The first-order valence-electron chi connectivity index (χ1n) is 11.4. The Hall–Kier alpha value is -2.92. The average molecular weight is 447 g/mol. The molecule has 32 heavy (non-hydrogen) atoms. The van der Waals surface area contributed by atoms with Gasteiger partial charge in [0.2, 0.25) is 0 Å². The molecular formula is C26H24ClFN4. The molecule has 162 valence electrons. The smallest absolute Gasteiger partial charge is 0.133 e. The Balaban J connectivity index is 1.41. The van der Waals surface area contributed by atoms with Crippen molar-refractivity contribution in [1.29, 1.82) is 0 Å². The van der Waals surface area contributed by atoms with Crippen molar-refractivity contribution in [2.45, 2.75) is 38.1 Å². The summed E-state index contributed by atoms with van der Waals surface area (Å²) in [5.74, 6) is 1.69. The molecule has 1 saturated heterocycles. The number of fused-ring (bicyclic) bond motifs is 3. The highest BCUT2D eigenvalue weighted by Gasteiger charge is 2.29. The maximum absolute atomic E-state index is 15.1. The summed E-state index contributed by atoms with van der Waals surface area (Å²) < 4.78 is 17.3. The second-order valence-electron chi connectivity index (χ2n) is 8.75. The second-order valence-corrected chi connectivity index (χ2v) is 9.15. The SMILES string of the molecule is Fc1cc2nc3n(c2cc1-c1ccc(N2CCCCC2)nc1)[C@@H](c1ccccc1Cl)CC3. The summed E-state index contributed by atoms with van der Waals surface area (Å²) in [6.07, 6.45) is 7.28. The number of benzene rings is 2. The molecule has 2 aliphatic heterocycles. The molecular weight excluding hydrogens is 423 g/mol. The van der Waals surface area contributed by atoms with Crippen LogP contribution in [0.1, 0.15) is 43.1 Å². The van der Waals surface area contributed by atoms with Crippen LogP contribution in [0.4, 0.5) is 10.2 Å². The van der Waals surface area contributed by atoms with Gasteiger partial charge in [0.15, 0.2) is 0 Å². The fraction of sp³-hybridized carbons (Fsp3) is 0.308. The van der Waals surface area contributed by atoms with E-state index >= 15 is 4.39 Å². The lowest BCUT2D eigenvalue weighted by molar-refractivity contribution is 0.573. The van der Waals surface area contributed by atoms with Crippen molar-refractivity contribution >= 4 is 28.5 Å². The lowest BCUT2D eigenvalue weighted by Crippen LogP contribution is -2.29. The van der Waals surface area contributed by atoms with Crippen LogP contribution >= 0.6 is 11.6 Å². The van der Waals surface area contributed by atoms with Crippen molar-refractivity contribution in [2.24, 2.45) is 0 Å². The molecule has 0 bridgehead atoms. The Morgan fingerprint density at radius 3 is 2.62 bits per heavy atom. The quantitative estimate of drug-likeness (QED) is 0.364. The fourth-order valence-corrected chi connectivity index (χ4v) is 5.46. The van der Waals surface area contributed by atoms with Gasteiger partial charge in [0.25, 0.3) is 0 Å². The lowest BCUT2D eigenvalue weighted by Gasteiger charge is -2.27. The third-order valence-corrected chi connectivity index (χ3v) is 7.15. The molecule has 0 N–H and O–H groups in total. The van der Waals surface area contributed by atoms with Crippen molar-refractivity contribution < 1.29 is 4.39 Å². The number of hydrogen-bond acceptors (Lipinski definition) is 3. The average Bonchev–Trinajstić information content (AvgIpc) is 3.39. The number of nitrogens with zero attached hydrogens (tertiary/aromatic N) is 4. The van der Waals surface area contributed by atoms with Crippen LogP contribution in [0.25, 0.3) is 22.2 Å². The van der Waals surface area contributed by atoms with Gasteiger partial charge in [0.1, 0.15) is 17.5 Å². The number of imidazole rings is 1. The molecule has 1 atom stereocenters. The molecule has 6 rings (SSSR count). The molecule has 0 amide bonds. The summed E-state index contributed by atoms with van der Waals surface area (Å²) in [4.78, 5) is 11.7. The number of rotatable bonds is 3. The van der Waals surface area contributed by atoms with Crippen molar-refractivity contribution in [2.75, 3.05) is 18.0 Å². The van der Waals surface area contributed by atoms with Gasteiger partial charge < -0.3 is 9.47 Å². The molecule has 4 aromatic rings. The third-order valence-electron chi connectivity index (χ3n) is 6.81. The molecule has 0 aliphatic carbocycles. The Bertz CT molecular complexity index is 1290. The van der Waals surface area contributed by atoms with Gasteiger partial charge in [0.05, 0.1) is 17.1 Å². The highest BCUT2D eigenvalue weighted by Crippen LogP contribution is 2.39. The number of anilines is 1. The zero-order chi connectivity index (χ0) is 21.7. The minimum atomic E-state index is -0.268. The second kappa shape index (κ2) is 7.89. The van der Waals surface area contributed by atoms with E-state index in [1.54, 1.807) is 12.3 Å². The van der Waals surface area contributed by atoms with Gasteiger partial charge in [-0.1, -0.05) is 29.8 Å². The van der Waals surface area contributed by atoms with Gasteiger partial charge in [-0.2, -0.15) is 0 Å². The van der Waals surface area contributed by atoms with E-state index in [1.165, 1.54) is 19.3 Å². The van der Waals surface area contributed by atoms with Crippen LogP contribution in [-0.2, 0) is 6.42 Å². The van der Waals surface area contributed by atoms with Crippen molar-refractivity contribution in [1.82, 2.24) is 14.5 Å². The van der Waals surface area contributed by atoms with E-state index in [1.807, 2.05) is 36.4 Å². The van der Waals surface area contributed by atoms with E-state index in [0.29, 0.717) is 11.1 Å². The summed E-state index contributed by atoms with van der Waals surface area (Å²) in [6.45, 7) is 2.08. The predicted octanol–water partition coefficient (Wildman–Crippen LogP) is 6.42. The number of hydrogen-bond donors (Lipinski definition) is 0. The Morgan fingerprint density at radius 2 is 1.84 bits per heavy atom. The van der Waals surface area contributed by atoms with Crippen LogP contribution in [0, 0.1) is 5.82 Å². The third kappa shape index (κ3) is 3.27.